The molecule has 2 amide bonds. The highest BCUT2D eigenvalue weighted by molar-refractivity contribution is 6.19. The van der Waals surface area contributed by atoms with Crippen molar-refractivity contribution in [3.8, 4) is 0 Å². The number of carbonyl (C=O) groups excluding carboxylic acids is 3. The molecule has 1 rings (SSSR count). The molecular weight excluding hydrogens is 328 g/mol. The molecule has 0 spiro atoms. The maximum atomic E-state index is 12.0. The van der Waals surface area contributed by atoms with Crippen molar-refractivity contribution in [2.24, 2.45) is 5.41 Å². The van der Waals surface area contributed by atoms with Gasteiger partial charge in [0.2, 0.25) is 11.8 Å². The van der Waals surface area contributed by atoms with E-state index < -0.39 is 5.41 Å². The molecule has 0 unspecified atom stereocenters. The van der Waals surface area contributed by atoms with Crippen molar-refractivity contribution in [3.05, 3.63) is 35.4 Å². The molecule has 132 valence electrons. The Morgan fingerprint density at radius 1 is 1.00 bits per heavy atom. The first kappa shape index (κ1) is 20.2. The van der Waals surface area contributed by atoms with E-state index in [0.717, 1.165) is 5.56 Å². The summed E-state index contributed by atoms with van der Waals surface area (Å²) < 4.78 is 0. The first-order valence-electron chi connectivity index (χ1n) is 7.97. The quantitative estimate of drug-likeness (QED) is 0.407. The maximum Gasteiger partial charge on any atom is 0.226 e. The summed E-state index contributed by atoms with van der Waals surface area (Å²) >= 11 is 5.72. The van der Waals surface area contributed by atoms with Crippen LogP contribution in [0.3, 0.4) is 0 Å². The second-order valence-corrected chi connectivity index (χ2v) is 6.68. The van der Waals surface area contributed by atoms with E-state index in [0.29, 0.717) is 18.7 Å². The van der Waals surface area contributed by atoms with Gasteiger partial charge in [0, 0.05) is 37.4 Å². The van der Waals surface area contributed by atoms with Gasteiger partial charge >= 0.3 is 0 Å². The number of Topliss-reactive ketones (excluding diaryl/α,β-unsaturated/α-hetero) is 1. The van der Waals surface area contributed by atoms with Crippen LogP contribution in [-0.4, -0.2) is 36.6 Å². The van der Waals surface area contributed by atoms with Crippen molar-refractivity contribution in [1.82, 2.24) is 10.6 Å². The highest BCUT2D eigenvalue weighted by Gasteiger charge is 2.25. The van der Waals surface area contributed by atoms with Gasteiger partial charge in [-0.15, -0.1) is 11.6 Å². The maximum absolute atomic E-state index is 12.0. The predicted octanol–water partition coefficient (Wildman–Crippen LogP) is 2.46. The fraction of sp³-hybridized carbons (Fsp3) is 0.500. The Balaban J connectivity index is 2.24. The van der Waals surface area contributed by atoms with E-state index >= 15 is 0 Å². The zero-order valence-electron chi connectivity index (χ0n) is 14.4. The molecule has 0 aliphatic rings. The van der Waals surface area contributed by atoms with Crippen molar-refractivity contribution in [3.63, 3.8) is 0 Å². The molecule has 0 heterocycles. The summed E-state index contributed by atoms with van der Waals surface area (Å²) in [7, 11) is 0. The summed E-state index contributed by atoms with van der Waals surface area (Å²) in [5, 5.41) is 5.40. The molecule has 0 bridgehead atoms. The summed E-state index contributed by atoms with van der Waals surface area (Å²) in [6.45, 7) is 6.11. The third kappa shape index (κ3) is 6.71. The van der Waals surface area contributed by atoms with Gasteiger partial charge in [0.15, 0.2) is 5.78 Å². The van der Waals surface area contributed by atoms with Gasteiger partial charge in [0.1, 0.15) is 0 Å². The van der Waals surface area contributed by atoms with Crippen molar-refractivity contribution in [1.29, 1.82) is 0 Å². The minimum absolute atomic E-state index is 0.0534. The molecule has 0 saturated carbocycles. The second kappa shape index (κ2) is 9.42. The van der Waals surface area contributed by atoms with Gasteiger partial charge < -0.3 is 10.6 Å². The molecule has 1 aromatic rings. The minimum atomic E-state index is -0.633. The average molecular weight is 353 g/mol. The van der Waals surface area contributed by atoms with Crippen molar-refractivity contribution >= 4 is 29.2 Å². The number of hydrogen-bond acceptors (Lipinski definition) is 3. The van der Waals surface area contributed by atoms with Gasteiger partial charge in [-0.3, -0.25) is 14.4 Å². The summed E-state index contributed by atoms with van der Waals surface area (Å²) in [6.07, 6.45) is 0.300. The van der Waals surface area contributed by atoms with Crippen molar-refractivity contribution in [2.75, 3.05) is 19.0 Å². The lowest BCUT2D eigenvalue weighted by Crippen LogP contribution is -2.41. The topological polar surface area (TPSA) is 75.3 Å². The predicted molar refractivity (Wildman–Crippen MR) is 95.3 cm³/mol. The van der Waals surface area contributed by atoms with Crippen LogP contribution >= 0.6 is 11.6 Å². The van der Waals surface area contributed by atoms with Gasteiger partial charge in [-0.05, 0) is 20.8 Å². The lowest BCUT2D eigenvalue weighted by atomic mass is 9.95. The van der Waals surface area contributed by atoms with Gasteiger partial charge in [-0.25, -0.2) is 0 Å². The SMILES string of the molecule is Cc1ccc(C(=O)CCC(=O)NCCNC(=O)C(C)(C)CCl)cc1. The molecule has 5 nitrogen and oxygen atoms in total. The lowest BCUT2D eigenvalue weighted by molar-refractivity contribution is -0.128. The van der Waals surface area contributed by atoms with E-state index in [4.69, 9.17) is 11.6 Å². The molecule has 0 aromatic heterocycles. The molecule has 0 aliphatic heterocycles. The summed E-state index contributed by atoms with van der Waals surface area (Å²) in [6, 6.07) is 7.28. The second-order valence-electron chi connectivity index (χ2n) is 6.41. The molecule has 1 aromatic carbocycles. The first-order chi connectivity index (χ1) is 11.3. The Bertz CT molecular complexity index is 582. The van der Waals surface area contributed by atoms with Crippen LogP contribution in [0.25, 0.3) is 0 Å². The average Bonchev–Trinajstić information content (AvgIpc) is 2.56. The summed E-state index contributed by atoms with van der Waals surface area (Å²) in [5.74, 6) is -0.184. The number of amides is 2. The van der Waals surface area contributed by atoms with E-state index in [1.54, 1.807) is 26.0 Å². The number of carbonyl (C=O) groups is 3. The smallest absolute Gasteiger partial charge is 0.226 e. The Kier molecular flexibility index (Phi) is 7.92. The Hall–Kier alpha value is -1.88. The number of alkyl halides is 1. The number of halogens is 1. The molecular formula is C18H25ClN2O3. The van der Waals surface area contributed by atoms with Gasteiger partial charge in [0.05, 0.1) is 5.41 Å². The number of nitrogens with one attached hydrogen (secondary N) is 2. The van der Waals surface area contributed by atoms with E-state index in [1.807, 2.05) is 19.1 Å². The van der Waals surface area contributed by atoms with Crippen LogP contribution in [0.2, 0.25) is 0 Å². The Morgan fingerprint density at radius 2 is 1.58 bits per heavy atom. The molecule has 6 heteroatoms. The molecule has 24 heavy (non-hydrogen) atoms. The van der Waals surface area contributed by atoms with Gasteiger partial charge in [-0.1, -0.05) is 29.8 Å². The minimum Gasteiger partial charge on any atom is -0.354 e. The largest absolute Gasteiger partial charge is 0.354 e. The van der Waals surface area contributed by atoms with Crippen LogP contribution in [0.15, 0.2) is 24.3 Å². The number of rotatable bonds is 9. The van der Waals surface area contributed by atoms with Crippen LogP contribution in [0, 0.1) is 12.3 Å². The normalized spacial score (nSPS) is 11.0. The molecule has 0 aliphatic carbocycles. The molecule has 0 radical (unpaired) electrons. The lowest BCUT2D eigenvalue weighted by Gasteiger charge is -2.20. The van der Waals surface area contributed by atoms with Crippen LogP contribution in [0.4, 0.5) is 0 Å². The summed E-state index contributed by atoms with van der Waals surface area (Å²) in [4.78, 5) is 35.5. The number of benzene rings is 1. The van der Waals surface area contributed by atoms with Crippen LogP contribution in [0.1, 0.15) is 42.6 Å². The van der Waals surface area contributed by atoms with Crippen LogP contribution in [0.5, 0.6) is 0 Å². The first-order valence-corrected chi connectivity index (χ1v) is 8.50. The highest BCUT2D eigenvalue weighted by Crippen LogP contribution is 2.16. The standard InChI is InChI=1S/C18H25ClN2O3/c1-13-4-6-14(7-5-13)15(22)8-9-16(23)20-10-11-21-17(24)18(2,3)12-19/h4-7H,8-12H2,1-3H3,(H,20,23)(H,21,24). The Morgan fingerprint density at radius 3 is 2.17 bits per heavy atom. The molecule has 0 saturated heterocycles. The zero-order chi connectivity index (χ0) is 18.2. The molecule has 2 N–H and O–H groups in total. The van der Waals surface area contributed by atoms with Gasteiger partial charge in [0.25, 0.3) is 0 Å². The molecule has 0 atom stereocenters. The van der Waals surface area contributed by atoms with Gasteiger partial charge in [-0.2, -0.15) is 0 Å². The summed E-state index contributed by atoms with van der Waals surface area (Å²) in [5.41, 5.74) is 1.07. The van der Waals surface area contributed by atoms with E-state index in [-0.39, 0.29) is 36.3 Å². The third-order valence-corrected chi connectivity index (χ3v) is 4.30. The van der Waals surface area contributed by atoms with E-state index in [1.165, 1.54) is 0 Å². The van der Waals surface area contributed by atoms with E-state index in [2.05, 4.69) is 10.6 Å². The number of aryl methyl sites for hydroxylation is 1. The van der Waals surface area contributed by atoms with Crippen molar-refractivity contribution < 1.29 is 14.4 Å². The monoisotopic (exact) mass is 352 g/mol. The van der Waals surface area contributed by atoms with E-state index in [9.17, 15) is 14.4 Å². The number of hydrogen-bond donors (Lipinski definition) is 2. The highest BCUT2D eigenvalue weighted by atomic mass is 35.5. The Labute approximate surface area is 148 Å². The van der Waals surface area contributed by atoms with Crippen molar-refractivity contribution in [2.45, 2.75) is 33.6 Å². The number of ketones is 1. The fourth-order valence-electron chi connectivity index (χ4n) is 1.88. The fourth-order valence-corrected chi connectivity index (χ4v) is 2.00. The molecule has 0 fully saturated rings. The zero-order valence-corrected chi connectivity index (χ0v) is 15.2. The van der Waals surface area contributed by atoms with Crippen LogP contribution < -0.4 is 10.6 Å². The third-order valence-electron chi connectivity index (χ3n) is 3.63. The van der Waals surface area contributed by atoms with Crippen LogP contribution in [-0.2, 0) is 9.59 Å².